The average molecular weight is 114 g/mol. The van der Waals surface area contributed by atoms with Crippen molar-refractivity contribution < 1.29 is 4.39 Å². The quantitative estimate of drug-likeness (QED) is 0.489. The largest absolute Gasteiger partial charge is 0.310 e. The first kappa shape index (κ1) is 5.28. The second-order valence-electron chi connectivity index (χ2n) is 1.76. The molecule has 0 fully saturated rings. The van der Waals surface area contributed by atoms with Gasteiger partial charge in [-0.1, -0.05) is 0 Å². The van der Waals surface area contributed by atoms with E-state index in [0.717, 1.165) is 0 Å². The summed E-state index contributed by atoms with van der Waals surface area (Å²) in [6, 6.07) is 0. The van der Waals surface area contributed by atoms with Gasteiger partial charge in [0.25, 0.3) is 6.08 Å². The van der Waals surface area contributed by atoms with E-state index in [1.807, 2.05) is 0 Å². The summed E-state index contributed by atoms with van der Waals surface area (Å²) in [4.78, 5) is 3.51. The molecule has 3 heteroatoms. The van der Waals surface area contributed by atoms with E-state index in [-0.39, 0.29) is 0 Å². The van der Waals surface area contributed by atoms with Crippen molar-refractivity contribution in [2.75, 3.05) is 0 Å². The third-order valence-corrected chi connectivity index (χ3v) is 0.940. The third-order valence-electron chi connectivity index (χ3n) is 0.940. The van der Waals surface area contributed by atoms with E-state index in [1.165, 1.54) is 4.57 Å². The Kier molecular flexibility index (Phi) is 1.04. The first-order valence-electron chi connectivity index (χ1n) is 2.35. The normalized spacial score (nSPS) is 9.88. The molecule has 8 heavy (non-hydrogen) atoms. The zero-order valence-electron chi connectivity index (χ0n) is 4.85. The summed E-state index contributed by atoms with van der Waals surface area (Å²) in [5.41, 5.74) is 0.713. The summed E-state index contributed by atoms with van der Waals surface area (Å²) in [6.07, 6.45) is 1.21. The minimum absolute atomic E-state index is 0.428. The molecule has 0 radical (unpaired) electrons. The topological polar surface area (TPSA) is 17.8 Å². The van der Waals surface area contributed by atoms with E-state index < -0.39 is 6.08 Å². The van der Waals surface area contributed by atoms with Crippen molar-refractivity contribution in [2.45, 2.75) is 6.92 Å². The predicted molar refractivity (Wildman–Crippen MR) is 27.9 cm³/mol. The minimum Gasteiger partial charge on any atom is -0.310 e. The maximum absolute atomic E-state index is 12.2. The molecular formula is C5H7FN2. The van der Waals surface area contributed by atoms with Crippen molar-refractivity contribution >= 4 is 0 Å². The molecule has 0 spiro atoms. The first-order chi connectivity index (χ1) is 3.70. The minimum atomic E-state index is -0.428. The molecule has 0 aliphatic rings. The summed E-state index contributed by atoms with van der Waals surface area (Å²) in [5, 5.41) is 0. The molecule has 0 aromatic carbocycles. The highest BCUT2D eigenvalue weighted by Crippen LogP contribution is 1.95. The second-order valence-corrected chi connectivity index (χ2v) is 1.76. The van der Waals surface area contributed by atoms with Gasteiger partial charge in [-0.25, -0.2) is 4.98 Å². The number of hydrogen-bond acceptors (Lipinski definition) is 1. The highest BCUT2D eigenvalue weighted by atomic mass is 19.1. The van der Waals surface area contributed by atoms with Crippen LogP contribution in [0.3, 0.4) is 0 Å². The van der Waals surface area contributed by atoms with Crippen LogP contribution in [-0.2, 0) is 7.05 Å². The van der Waals surface area contributed by atoms with Crippen molar-refractivity contribution in [3.63, 3.8) is 0 Å². The molecule has 44 valence electrons. The lowest BCUT2D eigenvalue weighted by Gasteiger charge is -1.82. The average Bonchev–Trinajstić information content (AvgIpc) is 1.85. The van der Waals surface area contributed by atoms with E-state index in [4.69, 9.17) is 0 Å². The molecular weight excluding hydrogens is 107 g/mol. The van der Waals surface area contributed by atoms with Gasteiger partial charge in [0, 0.05) is 13.2 Å². The van der Waals surface area contributed by atoms with Crippen LogP contribution in [-0.4, -0.2) is 9.55 Å². The Balaban J connectivity index is 3.14. The van der Waals surface area contributed by atoms with Gasteiger partial charge in [-0.3, -0.25) is 0 Å². The van der Waals surface area contributed by atoms with E-state index in [1.54, 1.807) is 20.2 Å². The lowest BCUT2D eigenvalue weighted by Crippen LogP contribution is -1.88. The molecule has 2 nitrogen and oxygen atoms in total. The van der Waals surface area contributed by atoms with Crippen molar-refractivity contribution in [3.8, 4) is 0 Å². The van der Waals surface area contributed by atoms with E-state index in [2.05, 4.69) is 4.98 Å². The lowest BCUT2D eigenvalue weighted by atomic mass is 10.6. The Bertz CT molecular complexity index is 173. The van der Waals surface area contributed by atoms with Crippen LogP contribution < -0.4 is 0 Å². The maximum Gasteiger partial charge on any atom is 0.289 e. The summed E-state index contributed by atoms with van der Waals surface area (Å²) in [6.45, 7) is 1.75. The summed E-state index contributed by atoms with van der Waals surface area (Å²) >= 11 is 0. The maximum atomic E-state index is 12.2. The van der Waals surface area contributed by atoms with Crippen molar-refractivity contribution in [1.82, 2.24) is 9.55 Å². The van der Waals surface area contributed by atoms with Crippen molar-refractivity contribution in [2.24, 2.45) is 7.05 Å². The molecule has 0 amide bonds. The Labute approximate surface area is 47.0 Å². The molecule has 0 bridgehead atoms. The summed E-state index contributed by atoms with van der Waals surface area (Å²) < 4.78 is 13.5. The van der Waals surface area contributed by atoms with E-state index in [0.29, 0.717) is 5.69 Å². The molecule has 1 rings (SSSR count). The molecule has 0 saturated heterocycles. The smallest absolute Gasteiger partial charge is 0.289 e. The number of aryl methyl sites for hydroxylation is 2. The highest BCUT2D eigenvalue weighted by molar-refractivity contribution is 4.92. The molecule has 1 aromatic heterocycles. The van der Waals surface area contributed by atoms with Crippen LogP contribution in [0.2, 0.25) is 0 Å². The van der Waals surface area contributed by atoms with Crippen LogP contribution in [0.25, 0.3) is 0 Å². The van der Waals surface area contributed by atoms with Crippen LogP contribution in [0.4, 0.5) is 4.39 Å². The van der Waals surface area contributed by atoms with Crippen LogP contribution >= 0.6 is 0 Å². The molecule has 0 N–H and O–H groups in total. The molecule has 1 heterocycles. The van der Waals surface area contributed by atoms with Crippen molar-refractivity contribution in [3.05, 3.63) is 18.0 Å². The number of rotatable bonds is 0. The zero-order chi connectivity index (χ0) is 6.15. The molecule has 0 saturated carbocycles. The van der Waals surface area contributed by atoms with Crippen LogP contribution in [0, 0.1) is 13.0 Å². The van der Waals surface area contributed by atoms with E-state index >= 15 is 0 Å². The first-order valence-corrected chi connectivity index (χ1v) is 2.35. The predicted octanol–water partition coefficient (Wildman–Crippen LogP) is 0.868. The van der Waals surface area contributed by atoms with E-state index in [9.17, 15) is 4.39 Å². The van der Waals surface area contributed by atoms with Gasteiger partial charge in [-0.05, 0) is 6.92 Å². The van der Waals surface area contributed by atoms with Crippen LogP contribution in [0.5, 0.6) is 0 Å². The van der Waals surface area contributed by atoms with Gasteiger partial charge < -0.3 is 4.57 Å². The number of imidazole rings is 1. The van der Waals surface area contributed by atoms with Crippen LogP contribution in [0.15, 0.2) is 6.20 Å². The van der Waals surface area contributed by atoms with Gasteiger partial charge >= 0.3 is 0 Å². The number of hydrogen-bond donors (Lipinski definition) is 0. The second kappa shape index (κ2) is 1.58. The van der Waals surface area contributed by atoms with Gasteiger partial charge in [0.15, 0.2) is 0 Å². The molecule has 0 atom stereocenters. The molecule has 0 aliphatic carbocycles. The third kappa shape index (κ3) is 0.710. The summed E-state index contributed by atoms with van der Waals surface area (Å²) in [7, 11) is 1.62. The fraction of sp³-hybridized carbons (Fsp3) is 0.400. The SMILES string of the molecule is Cc1cn(C)c(F)n1. The fourth-order valence-electron chi connectivity index (χ4n) is 0.587. The van der Waals surface area contributed by atoms with Gasteiger partial charge in [0.2, 0.25) is 0 Å². The van der Waals surface area contributed by atoms with Crippen molar-refractivity contribution in [1.29, 1.82) is 0 Å². The Morgan fingerprint density at radius 2 is 2.38 bits per heavy atom. The van der Waals surface area contributed by atoms with Gasteiger partial charge in [0.1, 0.15) is 0 Å². The zero-order valence-corrected chi connectivity index (χ0v) is 4.85. The number of aromatic nitrogens is 2. The Hall–Kier alpha value is -0.860. The van der Waals surface area contributed by atoms with Gasteiger partial charge in [-0.15, -0.1) is 0 Å². The molecule has 1 aromatic rings. The van der Waals surface area contributed by atoms with Crippen LogP contribution in [0.1, 0.15) is 5.69 Å². The molecule has 0 unspecified atom stereocenters. The van der Waals surface area contributed by atoms with Gasteiger partial charge in [0.05, 0.1) is 5.69 Å². The Morgan fingerprint density at radius 1 is 1.75 bits per heavy atom. The number of halogens is 1. The lowest BCUT2D eigenvalue weighted by molar-refractivity contribution is 0.500. The highest BCUT2D eigenvalue weighted by Gasteiger charge is 1.96. The summed E-state index contributed by atoms with van der Waals surface area (Å²) in [5.74, 6) is 0. The monoisotopic (exact) mass is 114 g/mol. The standard InChI is InChI=1S/C5H7FN2/c1-4-3-8(2)5(6)7-4/h3H,1-2H3. The fourth-order valence-corrected chi connectivity index (χ4v) is 0.587. The Morgan fingerprint density at radius 3 is 2.50 bits per heavy atom. The molecule has 0 aliphatic heterocycles. The number of nitrogens with zero attached hydrogens (tertiary/aromatic N) is 2. The van der Waals surface area contributed by atoms with Gasteiger partial charge in [-0.2, -0.15) is 4.39 Å².